The van der Waals surface area contributed by atoms with Crippen molar-refractivity contribution in [1.29, 1.82) is 0 Å². The monoisotopic (exact) mass is 350 g/mol. The zero-order chi connectivity index (χ0) is 16.2. The van der Waals surface area contributed by atoms with Crippen molar-refractivity contribution in [2.24, 2.45) is 0 Å². The van der Waals surface area contributed by atoms with Crippen LogP contribution in [0.25, 0.3) is 0 Å². The molecule has 3 rings (SSSR count). The average molecular weight is 351 g/mol. The molecule has 1 saturated heterocycles. The summed E-state index contributed by atoms with van der Waals surface area (Å²) in [5.41, 5.74) is 1.09. The summed E-state index contributed by atoms with van der Waals surface area (Å²) >= 11 is 12.4. The molecule has 1 unspecified atom stereocenters. The van der Waals surface area contributed by atoms with E-state index in [0.717, 1.165) is 47.5 Å². The van der Waals surface area contributed by atoms with Gasteiger partial charge in [-0.05, 0) is 49.2 Å². The Labute approximate surface area is 147 Å². The van der Waals surface area contributed by atoms with Crippen molar-refractivity contribution in [3.05, 3.63) is 52.4 Å². The Morgan fingerprint density at radius 2 is 2.17 bits per heavy atom. The summed E-state index contributed by atoms with van der Waals surface area (Å²) < 4.78 is 0. The van der Waals surface area contributed by atoms with Crippen LogP contribution in [0.5, 0.6) is 0 Å². The summed E-state index contributed by atoms with van der Waals surface area (Å²) in [4.78, 5) is 13.0. The third kappa shape index (κ3) is 4.14. The normalized spacial score (nSPS) is 18.8. The molecule has 1 aliphatic rings. The molecule has 122 valence electrons. The second-order valence-corrected chi connectivity index (χ2v) is 6.79. The van der Waals surface area contributed by atoms with E-state index in [4.69, 9.17) is 23.2 Å². The number of piperidine rings is 1. The fraction of sp³-hybridized carbons (Fsp3) is 0.412. The first-order valence-corrected chi connectivity index (χ1v) is 8.54. The van der Waals surface area contributed by atoms with Crippen molar-refractivity contribution >= 4 is 29.0 Å². The van der Waals surface area contributed by atoms with E-state index in [1.807, 2.05) is 24.3 Å². The smallest absolute Gasteiger partial charge is 0.131 e. The second-order valence-electron chi connectivity index (χ2n) is 5.95. The van der Waals surface area contributed by atoms with Crippen LogP contribution in [0.3, 0.4) is 0 Å². The highest BCUT2D eigenvalue weighted by Gasteiger charge is 2.24. The number of likely N-dealkylation sites (tertiary alicyclic amines) is 1. The SMILES string of the molecule is CN(c1ccncn1)C1CCCN(Cc2cc(Cl)ccc2Cl)C1. The van der Waals surface area contributed by atoms with Gasteiger partial charge >= 0.3 is 0 Å². The van der Waals surface area contributed by atoms with Gasteiger partial charge in [-0.25, -0.2) is 9.97 Å². The number of hydrogen-bond acceptors (Lipinski definition) is 4. The lowest BCUT2D eigenvalue weighted by Gasteiger charge is -2.38. The number of benzene rings is 1. The third-order valence-corrected chi connectivity index (χ3v) is 4.96. The average Bonchev–Trinajstić information content (AvgIpc) is 2.58. The van der Waals surface area contributed by atoms with Gasteiger partial charge in [0.05, 0.1) is 0 Å². The van der Waals surface area contributed by atoms with Crippen LogP contribution in [-0.2, 0) is 6.54 Å². The summed E-state index contributed by atoms with van der Waals surface area (Å²) in [6, 6.07) is 8.05. The molecule has 1 fully saturated rings. The van der Waals surface area contributed by atoms with Crippen LogP contribution in [0, 0.1) is 0 Å². The Hall–Kier alpha value is -1.36. The Kier molecular flexibility index (Phi) is 5.36. The molecule has 0 aliphatic carbocycles. The highest BCUT2D eigenvalue weighted by Crippen LogP contribution is 2.25. The van der Waals surface area contributed by atoms with Gasteiger partial charge in [0.1, 0.15) is 12.1 Å². The Bertz CT molecular complexity index is 650. The standard InChI is InChI=1S/C17H20Cl2N4/c1-22(17-6-7-20-12-21-17)15-3-2-8-23(11-15)10-13-9-14(18)4-5-16(13)19/h4-7,9,12,15H,2-3,8,10-11H2,1H3. The minimum absolute atomic E-state index is 0.441. The fourth-order valence-corrected chi connectivity index (χ4v) is 3.45. The number of nitrogens with zero attached hydrogens (tertiary/aromatic N) is 4. The van der Waals surface area contributed by atoms with Crippen molar-refractivity contribution in [2.75, 3.05) is 25.0 Å². The Balaban J connectivity index is 1.67. The Morgan fingerprint density at radius 1 is 1.30 bits per heavy atom. The first kappa shape index (κ1) is 16.5. The lowest BCUT2D eigenvalue weighted by Crippen LogP contribution is -2.46. The lowest BCUT2D eigenvalue weighted by atomic mass is 10.0. The molecule has 1 aliphatic heterocycles. The van der Waals surface area contributed by atoms with Gasteiger partial charge in [-0.15, -0.1) is 0 Å². The summed E-state index contributed by atoms with van der Waals surface area (Å²) in [7, 11) is 2.10. The minimum atomic E-state index is 0.441. The van der Waals surface area contributed by atoms with Gasteiger partial charge in [-0.1, -0.05) is 23.2 Å². The maximum absolute atomic E-state index is 6.30. The molecule has 0 N–H and O–H groups in total. The van der Waals surface area contributed by atoms with Gasteiger partial charge in [-0.2, -0.15) is 0 Å². The van der Waals surface area contributed by atoms with Crippen LogP contribution < -0.4 is 4.90 Å². The van der Waals surface area contributed by atoms with Crippen molar-refractivity contribution in [1.82, 2.24) is 14.9 Å². The van der Waals surface area contributed by atoms with Gasteiger partial charge in [0.25, 0.3) is 0 Å². The van der Waals surface area contributed by atoms with E-state index in [1.54, 1.807) is 12.5 Å². The molecule has 0 saturated carbocycles. The molecule has 2 heterocycles. The fourth-order valence-electron chi connectivity index (χ4n) is 3.08. The summed E-state index contributed by atoms with van der Waals surface area (Å²) in [5.74, 6) is 0.965. The molecule has 1 atom stereocenters. The van der Waals surface area contributed by atoms with Crippen molar-refractivity contribution in [3.8, 4) is 0 Å². The van der Waals surface area contributed by atoms with Gasteiger partial charge in [0, 0.05) is 42.4 Å². The van der Waals surface area contributed by atoms with Crippen LogP contribution in [-0.4, -0.2) is 41.0 Å². The van der Waals surface area contributed by atoms with E-state index in [1.165, 1.54) is 6.42 Å². The number of hydrogen-bond donors (Lipinski definition) is 0. The van der Waals surface area contributed by atoms with E-state index in [2.05, 4.69) is 26.8 Å². The first-order valence-electron chi connectivity index (χ1n) is 7.78. The van der Waals surface area contributed by atoms with E-state index >= 15 is 0 Å². The molecular weight excluding hydrogens is 331 g/mol. The largest absolute Gasteiger partial charge is 0.355 e. The zero-order valence-electron chi connectivity index (χ0n) is 13.1. The maximum atomic E-state index is 6.30. The number of likely N-dealkylation sites (N-methyl/N-ethyl adjacent to an activating group) is 1. The van der Waals surface area contributed by atoms with E-state index < -0.39 is 0 Å². The lowest BCUT2D eigenvalue weighted by molar-refractivity contribution is 0.198. The van der Waals surface area contributed by atoms with Crippen molar-refractivity contribution < 1.29 is 0 Å². The van der Waals surface area contributed by atoms with Crippen LogP contribution in [0.4, 0.5) is 5.82 Å². The predicted octanol–water partition coefficient (Wildman–Crippen LogP) is 3.88. The van der Waals surface area contributed by atoms with Crippen molar-refractivity contribution in [2.45, 2.75) is 25.4 Å². The number of aromatic nitrogens is 2. The van der Waals surface area contributed by atoms with Crippen LogP contribution in [0.2, 0.25) is 10.0 Å². The van der Waals surface area contributed by atoms with Crippen LogP contribution in [0.1, 0.15) is 18.4 Å². The number of anilines is 1. The third-order valence-electron chi connectivity index (χ3n) is 4.36. The van der Waals surface area contributed by atoms with Crippen LogP contribution in [0.15, 0.2) is 36.8 Å². The predicted molar refractivity (Wildman–Crippen MR) is 95.2 cm³/mol. The quantitative estimate of drug-likeness (QED) is 0.837. The van der Waals surface area contributed by atoms with Crippen molar-refractivity contribution in [3.63, 3.8) is 0 Å². The molecule has 1 aromatic carbocycles. The van der Waals surface area contributed by atoms with E-state index in [0.29, 0.717) is 6.04 Å². The van der Waals surface area contributed by atoms with Gasteiger partial charge in [-0.3, -0.25) is 4.90 Å². The molecule has 0 spiro atoms. The molecule has 23 heavy (non-hydrogen) atoms. The van der Waals surface area contributed by atoms with Gasteiger partial charge < -0.3 is 4.90 Å². The number of halogens is 2. The Morgan fingerprint density at radius 3 is 2.96 bits per heavy atom. The topological polar surface area (TPSA) is 32.3 Å². The molecule has 4 nitrogen and oxygen atoms in total. The summed E-state index contributed by atoms with van der Waals surface area (Å²) in [6.45, 7) is 2.90. The zero-order valence-corrected chi connectivity index (χ0v) is 14.6. The minimum Gasteiger partial charge on any atom is -0.355 e. The van der Waals surface area contributed by atoms with E-state index in [-0.39, 0.29) is 0 Å². The first-order chi connectivity index (χ1) is 11.1. The van der Waals surface area contributed by atoms with E-state index in [9.17, 15) is 0 Å². The molecule has 0 radical (unpaired) electrons. The molecular formula is C17H20Cl2N4. The molecule has 1 aromatic heterocycles. The second kappa shape index (κ2) is 7.47. The summed E-state index contributed by atoms with van der Waals surface area (Å²) in [6.07, 6.45) is 5.71. The molecule has 6 heteroatoms. The molecule has 0 bridgehead atoms. The molecule has 2 aromatic rings. The highest BCUT2D eigenvalue weighted by atomic mass is 35.5. The van der Waals surface area contributed by atoms with Crippen LogP contribution >= 0.6 is 23.2 Å². The number of rotatable bonds is 4. The highest BCUT2D eigenvalue weighted by molar-refractivity contribution is 6.33. The van der Waals surface area contributed by atoms with Gasteiger partial charge in [0.2, 0.25) is 0 Å². The van der Waals surface area contributed by atoms with Gasteiger partial charge in [0.15, 0.2) is 0 Å². The molecule has 0 amide bonds. The maximum Gasteiger partial charge on any atom is 0.131 e. The summed E-state index contributed by atoms with van der Waals surface area (Å²) in [5, 5.41) is 1.51.